The summed E-state index contributed by atoms with van der Waals surface area (Å²) in [5, 5.41) is 0. The molecule has 21 heavy (non-hydrogen) atoms. The van der Waals surface area contributed by atoms with Crippen LogP contribution in [-0.2, 0) is 0 Å². The molecular weight excluding hydrogens is 252 g/mol. The number of rotatable bonds is 2. The molecule has 120 valence electrons. The monoisotopic (exact) mass is 288 g/mol. The topological polar surface area (TPSA) is 0 Å². The van der Waals surface area contributed by atoms with Crippen molar-refractivity contribution in [3.8, 4) is 0 Å². The Bertz CT molecular complexity index is 350. The van der Waals surface area contributed by atoms with Gasteiger partial charge in [0.25, 0.3) is 0 Å². The third kappa shape index (κ3) is 2.22. The molecule has 0 heterocycles. The quantitative estimate of drug-likeness (QED) is 0.559. The lowest BCUT2D eigenvalue weighted by atomic mass is 9.41. The second kappa shape index (κ2) is 4.75. The standard InChI is InChI=1S/C13H22.C8H14/c1-9(2)13-6-10-3-11(7-13)5-12(4-10)8-13;1-6(2)8-3-7(4-8)5-8/h9-12H,3-8H2,1-2H3;6-7H,3-5H2,1-2H3. The van der Waals surface area contributed by atoms with Crippen LogP contribution in [0.4, 0.5) is 0 Å². The van der Waals surface area contributed by atoms with Gasteiger partial charge in [-0.05, 0) is 104 Å². The van der Waals surface area contributed by atoms with Crippen LogP contribution in [-0.4, -0.2) is 0 Å². The van der Waals surface area contributed by atoms with Gasteiger partial charge in [-0.15, -0.1) is 0 Å². The van der Waals surface area contributed by atoms with Crippen LogP contribution in [0.15, 0.2) is 0 Å². The van der Waals surface area contributed by atoms with Crippen LogP contribution in [0.2, 0.25) is 0 Å². The molecule has 7 saturated carbocycles. The normalized spacial score (nSPS) is 52.3. The van der Waals surface area contributed by atoms with Gasteiger partial charge in [-0.2, -0.15) is 0 Å². The van der Waals surface area contributed by atoms with E-state index in [4.69, 9.17) is 0 Å². The Balaban J connectivity index is 0.000000123. The molecule has 7 aliphatic rings. The highest BCUT2D eigenvalue weighted by molar-refractivity contribution is 5.07. The van der Waals surface area contributed by atoms with Crippen LogP contribution in [0.3, 0.4) is 0 Å². The van der Waals surface area contributed by atoms with Crippen molar-refractivity contribution in [3.05, 3.63) is 0 Å². The molecule has 7 fully saturated rings. The first-order valence-corrected chi connectivity index (χ1v) is 9.91. The van der Waals surface area contributed by atoms with Gasteiger partial charge in [-0.25, -0.2) is 0 Å². The maximum atomic E-state index is 2.47. The van der Waals surface area contributed by atoms with Crippen molar-refractivity contribution in [2.24, 2.45) is 46.3 Å². The summed E-state index contributed by atoms with van der Waals surface area (Å²) in [6, 6.07) is 0. The average Bonchev–Trinajstić information content (AvgIpc) is 2.22. The van der Waals surface area contributed by atoms with Gasteiger partial charge in [0.2, 0.25) is 0 Å². The minimum Gasteiger partial charge on any atom is -0.0622 e. The van der Waals surface area contributed by atoms with E-state index in [-0.39, 0.29) is 0 Å². The highest BCUT2D eigenvalue weighted by Crippen LogP contribution is 2.68. The molecule has 0 saturated heterocycles. The van der Waals surface area contributed by atoms with Crippen molar-refractivity contribution < 1.29 is 0 Å². The lowest BCUT2D eigenvalue weighted by molar-refractivity contribution is -0.141. The van der Waals surface area contributed by atoms with Gasteiger partial charge >= 0.3 is 0 Å². The number of hydrogen-bond acceptors (Lipinski definition) is 0. The molecule has 0 aliphatic heterocycles. The molecule has 6 bridgehead atoms. The van der Waals surface area contributed by atoms with E-state index in [0.29, 0.717) is 0 Å². The fourth-order valence-corrected chi connectivity index (χ4v) is 7.14. The largest absolute Gasteiger partial charge is 0.0622 e. The zero-order chi connectivity index (χ0) is 14.8. The summed E-state index contributed by atoms with van der Waals surface area (Å²) < 4.78 is 0. The first kappa shape index (κ1) is 14.6. The van der Waals surface area contributed by atoms with Gasteiger partial charge in [0, 0.05) is 0 Å². The molecule has 0 heteroatoms. The van der Waals surface area contributed by atoms with Gasteiger partial charge in [-0.3, -0.25) is 0 Å². The second-order valence-corrected chi connectivity index (χ2v) is 10.4. The first-order valence-electron chi connectivity index (χ1n) is 9.91. The summed E-state index contributed by atoms with van der Waals surface area (Å²) in [7, 11) is 0. The summed E-state index contributed by atoms with van der Waals surface area (Å²) >= 11 is 0. The molecule has 0 radical (unpaired) electrons. The van der Waals surface area contributed by atoms with Crippen LogP contribution < -0.4 is 0 Å². The Labute approximate surface area is 132 Å². The molecule has 0 aromatic carbocycles. The van der Waals surface area contributed by atoms with Crippen molar-refractivity contribution in [1.29, 1.82) is 0 Å². The molecule has 7 aliphatic carbocycles. The van der Waals surface area contributed by atoms with Crippen LogP contribution in [0.5, 0.6) is 0 Å². The SMILES string of the molecule is CC(C)C12CC(C1)C2.CC(C)C12CC3CC(CC(C3)C1)C2. The fourth-order valence-electron chi connectivity index (χ4n) is 7.14. The Morgan fingerprint density at radius 1 is 0.524 bits per heavy atom. The van der Waals surface area contributed by atoms with E-state index in [2.05, 4.69) is 27.7 Å². The average molecular weight is 289 g/mol. The van der Waals surface area contributed by atoms with Crippen molar-refractivity contribution in [1.82, 2.24) is 0 Å². The van der Waals surface area contributed by atoms with E-state index < -0.39 is 0 Å². The van der Waals surface area contributed by atoms with Crippen molar-refractivity contribution >= 4 is 0 Å². The van der Waals surface area contributed by atoms with Crippen molar-refractivity contribution in [2.45, 2.75) is 85.5 Å². The van der Waals surface area contributed by atoms with E-state index in [1.54, 1.807) is 57.8 Å². The predicted molar refractivity (Wildman–Crippen MR) is 90.1 cm³/mol. The smallest absolute Gasteiger partial charge is 0.0267 e. The minimum absolute atomic E-state index is 0.800. The van der Waals surface area contributed by atoms with Crippen LogP contribution in [0.1, 0.15) is 85.5 Å². The van der Waals surface area contributed by atoms with Gasteiger partial charge < -0.3 is 0 Å². The lowest BCUT2D eigenvalue weighted by Crippen LogP contribution is -2.54. The first-order chi connectivity index (χ1) is 9.91. The fraction of sp³-hybridized carbons (Fsp3) is 1.00. The lowest BCUT2D eigenvalue weighted by Gasteiger charge is -2.64. The Kier molecular flexibility index (Phi) is 3.30. The zero-order valence-corrected chi connectivity index (χ0v) is 14.8. The van der Waals surface area contributed by atoms with E-state index in [1.165, 1.54) is 0 Å². The molecule has 0 atom stereocenters. The molecule has 0 N–H and O–H groups in total. The Hall–Kier alpha value is 0. The van der Waals surface area contributed by atoms with Crippen LogP contribution >= 0.6 is 0 Å². The molecule has 0 spiro atoms. The van der Waals surface area contributed by atoms with E-state index >= 15 is 0 Å². The van der Waals surface area contributed by atoms with Gasteiger partial charge in [0.05, 0.1) is 0 Å². The second-order valence-electron chi connectivity index (χ2n) is 10.4. The molecule has 7 rings (SSSR count). The summed E-state index contributed by atoms with van der Waals surface area (Å²) in [5.41, 5.74) is 1.67. The molecular formula is C21H36. The Morgan fingerprint density at radius 3 is 1.00 bits per heavy atom. The van der Waals surface area contributed by atoms with E-state index in [0.717, 1.165) is 46.3 Å². The zero-order valence-electron chi connectivity index (χ0n) is 14.8. The van der Waals surface area contributed by atoms with E-state index in [1.807, 2.05) is 0 Å². The summed E-state index contributed by atoms with van der Waals surface area (Å²) in [6.45, 7) is 9.67. The predicted octanol–water partition coefficient (Wildman–Crippen LogP) is 6.30. The maximum absolute atomic E-state index is 2.47. The highest BCUT2D eigenvalue weighted by atomic mass is 14.6. The maximum Gasteiger partial charge on any atom is -0.0267 e. The summed E-state index contributed by atoms with van der Waals surface area (Å²) in [4.78, 5) is 0. The minimum atomic E-state index is 0.800. The van der Waals surface area contributed by atoms with Gasteiger partial charge in [0.15, 0.2) is 0 Å². The molecule has 0 amide bonds. The van der Waals surface area contributed by atoms with Crippen molar-refractivity contribution in [3.63, 3.8) is 0 Å². The van der Waals surface area contributed by atoms with Gasteiger partial charge in [0.1, 0.15) is 0 Å². The van der Waals surface area contributed by atoms with Crippen LogP contribution in [0.25, 0.3) is 0 Å². The molecule has 0 unspecified atom stereocenters. The molecule has 0 aromatic heterocycles. The summed E-state index contributed by atoms with van der Waals surface area (Å²) in [5.74, 6) is 6.47. The Morgan fingerprint density at radius 2 is 0.810 bits per heavy atom. The number of hydrogen-bond donors (Lipinski definition) is 0. The van der Waals surface area contributed by atoms with E-state index in [9.17, 15) is 0 Å². The van der Waals surface area contributed by atoms with Gasteiger partial charge in [-0.1, -0.05) is 27.7 Å². The highest BCUT2D eigenvalue weighted by Gasteiger charge is 2.57. The third-order valence-electron chi connectivity index (χ3n) is 8.62. The third-order valence-corrected chi connectivity index (χ3v) is 8.62. The van der Waals surface area contributed by atoms with Crippen LogP contribution in [0, 0.1) is 46.3 Å². The molecule has 0 nitrogen and oxygen atoms in total. The van der Waals surface area contributed by atoms with Crippen molar-refractivity contribution in [2.75, 3.05) is 0 Å². The molecule has 0 aromatic rings. The summed E-state index contributed by atoms with van der Waals surface area (Å²) in [6.07, 6.45) is 14.2.